The molecule has 3 rings (SSSR count). The van der Waals surface area contributed by atoms with Crippen LogP contribution < -0.4 is 0 Å². The predicted molar refractivity (Wildman–Crippen MR) is 80.8 cm³/mol. The number of H-pyrrole nitrogens is 1. The summed E-state index contributed by atoms with van der Waals surface area (Å²) in [5, 5.41) is 8.05. The van der Waals surface area contributed by atoms with Gasteiger partial charge in [-0.15, -0.1) is 0 Å². The smallest absolute Gasteiger partial charge is 0.195 e. The van der Waals surface area contributed by atoms with Crippen molar-refractivity contribution in [2.45, 2.75) is 30.6 Å². The maximum absolute atomic E-state index is 5.40. The molecule has 19 heavy (non-hydrogen) atoms. The second-order valence-electron chi connectivity index (χ2n) is 4.79. The number of aromatic amines is 1. The summed E-state index contributed by atoms with van der Waals surface area (Å²) in [5.41, 5.74) is 1.02. The number of hydrogen-bond acceptors (Lipinski definition) is 4. The van der Waals surface area contributed by atoms with Crippen molar-refractivity contribution in [3.05, 3.63) is 29.3 Å². The van der Waals surface area contributed by atoms with Crippen molar-refractivity contribution in [3.63, 3.8) is 0 Å². The van der Waals surface area contributed by atoms with E-state index >= 15 is 0 Å². The third kappa shape index (κ3) is 2.47. The van der Waals surface area contributed by atoms with Crippen molar-refractivity contribution in [2.75, 3.05) is 6.26 Å². The van der Waals surface area contributed by atoms with Gasteiger partial charge in [-0.25, -0.2) is 0 Å². The van der Waals surface area contributed by atoms with Gasteiger partial charge in [-0.3, -0.25) is 14.6 Å². The van der Waals surface area contributed by atoms with Crippen LogP contribution >= 0.6 is 24.0 Å². The lowest BCUT2D eigenvalue weighted by molar-refractivity contribution is 0.517. The van der Waals surface area contributed by atoms with Crippen LogP contribution in [0.5, 0.6) is 0 Å². The first kappa shape index (κ1) is 12.9. The number of aromatic nitrogens is 4. The van der Waals surface area contributed by atoms with Crippen LogP contribution in [-0.4, -0.2) is 31.3 Å². The zero-order chi connectivity index (χ0) is 13.2. The minimum Gasteiger partial charge on any atom is -0.297 e. The molecule has 0 aliphatic heterocycles. The van der Waals surface area contributed by atoms with Crippen molar-refractivity contribution in [2.24, 2.45) is 0 Å². The molecular formula is C13H16N4S2. The third-order valence-corrected chi connectivity index (χ3v) is 5.06. The van der Waals surface area contributed by atoms with Gasteiger partial charge in [-0.1, -0.05) is 0 Å². The molecule has 2 aromatic heterocycles. The van der Waals surface area contributed by atoms with Crippen LogP contribution in [0.1, 0.15) is 25.3 Å². The summed E-state index contributed by atoms with van der Waals surface area (Å²) in [6.07, 6.45) is 9.39. The molecule has 6 heteroatoms. The van der Waals surface area contributed by atoms with Gasteiger partial charge in [0.2, 0.25) is 0 Å². The molecule has 0 radical (unpaired) electrons. The zero-order valence-electron chi connectivity index (χ0n) is 10.7. The van der Waals surface area contributed by atoms with E-state index in [1.165, 1.54) is 19.3 Å². The Labute approximate surface area is 121 Å². The zero-order valence-corrected chi connectivity index (χ0v) is 12.4. The number of thioether (sulfide) groups is 1. The molecule has 0 bridgehead atoms. The van der Waals surface area contributed by atoms with E-state index < -0.39 is 0 Å². The minimum atomic E-state index is 0.457. The van der Waals surface area contributed by atoms with E-state index in [9.17, 15) is 0 Å². The van der Waals surface area contributed by atoms with E-state index in [1.54, 1.807) is 6.20 Å². The van der Waals surface area contributed by atoms with Crippen LogP contribution in [0.3, 0.4) is 0 Å². The first-order valence-electron chi connectivity index (χ1n) is 6.39. The molecule has 2 heterocycles. The van der Waals surface area contributed by atoms with E-state index in [0.29, 0.717) is 10.8 Å². The molecule has 1 fully saturated rings. The molecular weight excluding hydrogens is 276 g/mol. The van der Waals surface area contributed by atoms with Crippen LogP contribution in [0, 0.1) is 4.77 Å². The molecule has 2 unspecified atom stereocenters. The maximum Gasteiger partial charge on any atom is 0.195 e. The van der Waals surface area contributed by atoms with Gasteiger partial charge >= 0.3 is 0 Å². The third-order valence-electron chi connectivity index (χ3n) is 3.68. The Morgan fingerprint density at radius 2 is 2.37 bits per heavy atom. The van der Waals surface area contributed by atoms with E-state index in [-0.39, 0.29) is 0 Å². The number of pyridine rings is 1. The fourth-order valence-corrected chi connectivity index (χ4v) is 3.78. The Hall–Kier alpha value is -1.14. The molecule has 0 aromatic carbocycles. The van der Waals surface area contributed by atoms with E-state index in [4.69, 9.17) is 12.2 Å². The Kier molecular flexibility index (Phi) is 3.70. The monoisotopic (exact) mass is 292 g/mol. The van der Waals surface area contributed by atoms with Crippen molar-refractivity contribution >= 4 is 24.0 Å². The number of nitrogens with zero attached hydrogens (tertiary/aromatic N) is 3. The fraction of sp³-hybridized carbons (Fsp3) is 0.462. The van der Waals surface area contributed by atoms with Crippen LogP contribution in [-0.2, 0) is 0 Å². The highest BCUT2D eigenvalue weighted by Crippen LogP contribution is 2.37. The van der Waals surface area contributed by atoms with E-state index in [2.05, 4.69) is 26.0 Å². The lowest BCUT2D eigenvalue weighted by Gasteiger charge is -2.14. The second kappa shape index (κ2) is 5.46. The Morgan fingerprint density at radius 3 is 3.05 bits per heavy atom. The molecule has 2 atom stereocenters. The Bertz CT molecular complexity index is 605. The topological polar surface area (TPSA) is 46.5 Å². The summed E-state index contributed by atoms with van der Waals surface area (Å²) >= 11 is 7.35. The largest absolute Gasteiger partial charge is 0.297 e. The van der Waals surface area contributed by atoms with E-state index in [0.717, 1.165) is 16.6 Å². The predicted octanol–water partition coefficient (Wildman–Crippen LogP) is 3.46. The van der Waals surface area contributed by atoms with Crippen LogP contribution in [0.2, 0.25) is 0 Å². The molecule has 4 nitrogen and oxygen atoms in total. The molecule has 1 saturated carbocycles. The summed E-state index contributed by atoms with van der Waals surface area (Å²) in [6, 6.07) is 4.41. The number of rotatable bonds is 3. The van der Waals surface area contributed by atoms with Gasteiger partial charge in [0.05, 0.1) is 0 Å². The van der Waals surface area contributed by atoms with Crippen LogP contribution in [0.15, 0.2) is 24.5 Å². The lowest BCUT2D eigenvalue weighted by atomic mass is 10.2. The highest BCUT2D eigenvalue weighted by Gasteiger charge is 2.28. The standard InChI is InChI=1S/C13H16N4S2/c1-19-11-5-4-10(7-11)17-12(15-16-13(17)18)9-3-2-6-14-8-9/h2-3,6,8,10-11H,4-5,7H2,1H3,(H,16,18). The van der Waals surface area contributed by atoms with Gasteiger partial charge in [0.1, 0.15) is 0 Å². The van der Waals surface area contributed by atoms with Crippen molar-refractivity contribution in [3.8, 4) is 11.4 Å². The average molecular weight is 292 g/mol. The molecule has 1 aliphatic carbocycles. The Morgan fingerprint density at radius 1 is 1.47 bits per heavy atom. The summed E-state index contributed by atoms with van der Waals surface area (Å²) in [7, 11) is 0. The van der Waals surface area contributed by atoms with Gasteiger partial charge in [0.15, 0.2) is 10.6 Å². The minimum absolute atomic E-state index is 0.457. The van der Waals surface area contributed by atoms with Crippen LogP contribution in [0.25, 0.3) is 11.4 Å². The summed E-state index contributed by atoms with van der Waals surface area (Å²) < 4.78 is 2.88. The SMILES string of the molecule is CSC1CCC(n2c(-c3cccnc3)n[nH]c2=S)C1. The van der Waals surface area contributed by atoms with Crippen LogP contribution in [0.4, 0.5) is 0 Å². The van der Waals surface area contributed by atoms with Gasteiger partial charge in [0, 0.05) is 29.2 Å². The first-order chi connectivity index (χ1) is 9.29. The second-order valence-corrected chi connectivity index (χ2v) is 6.31. The lowest BCUT2D eigenvalue weighted by Crippen LogP contribution is -2.08. The highest BCUT2D eigenvalue weighted by atomic mass is 32.2. The van der Waals surface area contributed by atoms with Gasteiger partial charge < -0.3 is 0 Å². The molecule has 100 valence electrons. The molecule has 2 aromatic rings. The van der Waals surface area contributed by atoms with Gasteiger partial charge in [-0.05, 0) is 49.9 Å². The van der Waals surface area contributed by atoms with E-state index in [1.807, 2.05) is 30.1 Å². The summed E-state index contributed by atoms with van der Waals surface area (Å²) in [5.74, 6) is 0.907. The molecule has 1 aliphatic rings. The molecule has 0 saturated heterocycles. The van der Waals surface area contributed by atoms with Crippen molar-refractivity contribution in [1.29, 1.82) is 0 Å². The quantitative estimate of drug-likeness (QED) is 0.880. The van der Waals surface area contributed by atoms with Crippen molar-refractivity contribution in [1.82, 2.24) is 19.7 Å². The molecule has 0 amide bonds. The molecule has 0 spiro atoms. The fourth-order valence-electron chi connectivity index (χ4n) is 2.71. The number of nitrogens with one attached hydrogen (secondary N) is 1. The molecule has 1 N–H and O–H groups in total. The summed E-state index contributed by atoms with van der Waals surface area (Å²) in [6.45, 7) is 0. The average Bonchev–Trinajstić information content (AvgIpc) is 3.05. The Balaban J connectivity index is 1.98. The highest BCUT2D eigenvalue weighted by molar-refractivity contribution is 7.99. The number of hydrogen-bond donors (Lipinski definition) is 1. The van der Waals surface area contributed by atoms with Gasteiger partial charge in [-0.2, -0.15) is 16.9 Å². The van der Waals surface area contributed by atoms with Crippen molar-refractivity contribution < 1.29 is 0 Å². The maximum atomic E-state index is 5.40. The normalized spacial score (nSPS) is 22.8. The summed E-state index contributed by atoms with van der Waals surface area (Å²) in [4.78, 5) is 4.16. The first-order valence-corrected chi connectivity index (χ1v) is 8.09. The van der Waals surface area contributed by atoms with Gasteiger partial charge in [0.25, 0.3) is 0 Å².